The second-order valence-corrected chi connectivity index (χ2v) is 5.12. The van der Waals surface area contributed by atoms with E-state index in [4.69, 9.17) is 0 Å². The molecule has 18 heavy (non-hydrogen) atoms. The molecule has 0 saturated carbocycles. The summed E-state index contributed by atoms with van der Waals surface area (Å²) in [7, 11) is 1.94. The lowest BCUT2D eigenvalue weighted by molar-refractivity contribution is -0.143. The third kappa shape index (κ3) is 2.03. The molecule has 1 N–H and O–H groups in total. The van der Waals surface area contributed by atoms with E-state index in [9.17, 15) is 9.90 Å². The average Bonchev–Trinajstić information content (AvgIpc) is 2.84. The van der Waals surface area contributed by atoms with Gasteiger partial charge in [0.1, 0.15) is 6.04 Å². The lowest BCUT2D eigenvalue weighted by Crippen LogP contribution is -2.38. The summed E-state index contributed by atoms with van der Waals surface area (Å²) in [4.78, 5) is 13.3. The summed E-state index contributed by atoms with van der Waals surface area (Å²) in [6.07, 6.45) is 2.07. The largest absolute Gasteiger partial charge is 0.480 e. The number of hydrogen-bond donors (Lipinski definition) is 1. The van der Waals surface area contributed by atoms with E-state index in [1.807, 2.05) is 18.7 Å². The maximum atomic E-state index is 11.2. The summed E-state index contributed by atoms with van der Waals surface area (Å²) in [5.74, 6) is -0.749. The first-order valence-corrected chi connectivity index (χ1v) is 6.42. The van der Waals surface area contributed by atoms with E-state index in [2.05, 4.69) is 16.9 Å². The minimum Gasteiger partial charge on any atom is -0.480 e. The Morgan fingerprint density at radius 2 is 2.17 bits per heavy atom. The molecule has 5 heteroatoms. The van der Waals surface area contributed by atoms with Gasteiger partial charge in [-0.05, 0) is 40.2 Å². The van der Waals surface area contributed by atoms with Gasteiger partial charge in [-0.1, -0.05) is 0 Å². The normalized spacial score (nSPS) is 22.3. The molecule has 1 fully saturated rings. The monoisotopic (exact) mass is 251 g/mol. The summed E-state index contributed by atoms with van der Waals surface area (Å²) in [5.41, 5.74) is 3.37. The highest BCUT2D eigenvalue weighted by molar-refractivity contribution is 5.73. The van der Waals surface area contributed by atoms with E-state index in [1.165, 1.54) is 5.56 Å². The van der Waals surface area contributed by atoms with Crippen LogP contribution in [0.5, 0.6) is 0 Å². The Morgan fingerprint density at radius 1 is 1.50 bits per heavy atom. The Bertz CT molecular complexity index is 467. The van der Waals surface area contributed by atoms with Crippen LogP contribution in [0.25, 0.3) is 0 Å². The lowest BCUT2D eigenvalue weighted by Gasteiger charge is -2.28. The van der Waals surface area contributed by atoms with Gasteiger partial charge >= 0.3 is 5.97 Å². The minimum absolute atomic E-state index is 0.199. The van der Waals surface area contributed by atoms with Gasteiger partial charge in [0.2, 0.25) is 0 Å². The molecule has 100 valence electrons. The fourth-order valence-corrected chi connectivity index (χ4v) is 2.98. The second-order valence-electron chi connectivity index (χ2n) is 5.12. The summed E-state index contributed by atoms with van der Waals surface area (Å²) < 4.78 is 1.88. The summed E-state index contributed by atoms with van der Waals surface area (Å²) in [6.45, 7) is 6.68. The first-order valence-electron chi connectivity index (χ1n) is 6.42. The molecular weight excluding hydrogens is 230 g/mol. The van der Waals surface area contributed by atoms with Crippen LogP contribution < -0.4 is 0 Å². The van der Waals surface area contributed by atoms with Crippen LogP contribution in [0.1, 0.15) is 42.8 Å². The Labute approximate surface area is 107 Å². The molecule has 0 spiro atoms. The fourth-order valence-electron chi connectivity index (χ4n) is 2.98. The number of aryl methyl sites for hydroxylation is 2. The van der Waals surface area contributed by atoms with Crippen molar-refractivity contribution in [3.8, 4) is 0 Å². The lowest BCUT2D eigenvalue weighted by atomic mass is 10.0. The van der Waals surface area contributed by atoms with E-state index in [1.54, 1.807) is 6.92 Å². The molecule has 0 aromatic carbocycles. The van der Waals surface area contributed by atoms with E-state index >= 15 is 0 Å². The van der Waals surface area contributed by atoms with Crippen LogP contribution in [0.2, 0.25) is 0 Å². The quantitative estimate of drug-likeness (QED) is 0.887. The van der Waals surface area contributed by atoms with Crippen molar-refractivity contribution < 1.29 is 9.90 Å². The van der Waals surface area contributed by atoms with Crippen LogP contribution in [0, 0.1) is 13.8 Å². The third-order valence-electron chi connectivity index (χ3n) is 4.05. The highest BCUT2D eigenvalue weighted by Crippen LogP contribution is 2.36. The van der Waals surface area contributed by atoms with Crippen molar-refractivity contribution in [3.63, 3.8) is 0 Å². The third-order valence-corrected chi connectivity index (χ3v) is 4.05. The van der Waals surface area contributed by atoms with E-state index in [0.717, 1.165) is 30.8 Å². The molecule has 0 bridgehead atoms. The molecule has 0 amide bonds. The number of likely N-dealkylation sites (tertiary alicyclic amines) is 1. The average molecular weight is 251 g/mol. The number of aromatic nitrogens is 2. The number of hydrogen-bond acceptors (Lipinski definition) is 3. The highest BCUT2D eigenvalue weighted by Gasteiger charge is 2.35. The molecule has 1 saturated heterocycles. The van der Waals surface area contributed by atoms with Gasteiger partial charge < -0.3 is 5.11 Å². The number of carboxylic acid groups (broad SMARTS) is 1. The Balaban J connectivity index is 2.34. The maximum Gasteiger partial charge on any atom is 0.320 e. The van der Waals surface area contributed by atoms with E-state index in [-0.39, 0.29) is 6.04 Å². The predicted octanol–water partition coefficient (Wildman–Crippen LogP) is 1.65. The summed E-state index contributed by atoms with van der Waals surface area (Å²) >= 11 is 0. The van der Waals surface area contributed by atoms with E-state index in [0.29, 0.717) is 0 Å². The number of nitrogens with zero attached hydrogens (tertiary/aromatic N) is 3. The number of rotatable bonds is 3. The van der Waals surface area contributed by atoms with Crippen molar-refractivity contribution in [1.29, 1.82) is 0 Å². The molecule has 0 radical (unpaired) electrons. The van der Waals surface area contributed by atoms with Crippen molar-refractivity contribution in [2.75, 3.05) is 6.54 Å². The van der Waals surface area contributed by atoms with Crippen LogP contribution in [0.4, 0.5) is 0 Å². The van der Waals surface area contributed by atoms with Crippen LogP contribution >= 0.6 is 0 Å². The molecule has 1 aliphatic rings. The Hall–Kier alpha value is -1.36. The molecule has 1 aromatic rings. The first-order chi connectivity index (χ1) is 8.43. The van der Waals surface area contributed by atoms with Gasteiger partial charge in [0.05, 0.1) is 5.69 Å². The Morgan fingerprint density at radius 3 is 2.67 bits per heavy atom. The maximum absolute atomic E-state index is 11.2. The van der Waals surface area contributed by atoms with Crippen LogP contribution in [0.15, 0.2) is 0 Å². The molecule has 2 rings (SSSR count). The van der Waals surface area contributed by atoms with Crippen molar-refractivity contribution in [3.05, 3.63) is 17.0 Å². The van der Waals surface area contributed by atoms with Gasteiger partial charge in [0.15, 0.2) is 0 Å². The van der Waals surface area contributed by atoms with Gasteiger partial charge in [-0.15, -0.1) is 0 Å². The predicted molar refractivity (Wildman–Crippen MR) is 68.5 cm³/mol. The number of carbonyl (C=O) groups is 1. The van der Waals surface area contributed by atoms with Crippen molar-refractivity contribution in [1.82, 2.24) is 14.7 Å². The molecule has 2 heterocycles. The van der Waals surface area contributed by atoms with Gasteiger partial charge in [0, 0.05) is 24.3 Å². The first kappa shape index (κ1) is 13.1. The molecule has 2 atom stereocenters. The highest BCUT2D eigenvalue weighted by atomic mass is 16.4. The zero-order valence-corrected chi connectivity index (χ0v) is 11.5. The Kier molecular flexibility index (Phi) is 3.43. The molecule has 1 aromatic heterocycles. The van der Waals surface area contributed by atoms with Crippen molar-refractivity contribution >= 4 is 5.97 Å². The van der Waals surface area contributed by atoms with Gasteiger partial charge in [-0.3, -0.25) is 14.4 Å². The second kappa shape index (κ2) is 4.72. The molecular formula is C13H21N3O2. The van der Waals surface area contributed by atoms with Crippen molar-refractivity contribution in [2.24, 2.45) is 7.05 Å². The smallest absolute Gasteiger partial charge is 0.320 e. The van der Waals surface area contributed by atoms with Crippen molar-refractivity contribution in [2.45, 2.75) is 45.7 Å². The SMILES string of the molecule is Cc1nn(C)c(C)c1C1CCCN1C(C)C(=O)O. The van der Waals surface area contributed by atoms with Crippen LogP contribution in [-0.2, 0) is 11.8 Å². The van der Waals surface area contributed by atoms with Gasteiger partial charge in [-0.2, -0.15) is 5.10 Å². The number of carboxylic acids is 1. The van der Waals surface area contributed by atoms with Crippen LogP contribution in [0.3, 0.4) is 0 Å². The zero-order valence-electron chi connectivity index (χ0n) is 11.5. The summed E-state index contributed by atoms with van der Waals surface area (Å²) in [6, 6.07) is -0.235. The van der Waals surface area contributed by atoms with Gasteiger partial charge in [-0.25, -0.2) is 0 Å². The molecule has 5 nitrogen and oxygen atoms in total. The topological polar surface area (TPSA) is 58.4 Å². The molecule has 2 unspecified atom stereocenters. The summed E-state index contributed by atoms with van der Waals surface area (Å²) in [5, 5.41) is 13.6. The molecule has 0 aliphatic carbocycles. The van der Waals surface area contributed by atoms with Gasteiger partial charge in [0.25, 0.3) is 0 Å². The van der Waals surface area contributed by atoms with E-state index < -0.39 is 12.0 Å². The van der Waals surface area contributed by atoms with Crippen LogP contribution in [-0.4, -0.2) is 38.3 Å². The minimum atomic E-state index is -0.749. The zero-order chi connectivity index (χ0) is 13.4. The number of aliphatic carboxylic acids is 1. The molecule has 1 aliphatic heterocycles. The fraction of sp³-hybridized carbons (Fsp3) is 0.692. The standard InChI is InChI=1S/C13H21N3O2/c1-8-12(9(2)15(4)14-8)11-6-5-7-16(11)10(3)13(17)18/h10-11H,5-7H2,1-4H3,(H,17,18).